The molecule has 0 aliphatic rings. The Balaban J connectivity index is 2.54. The molecule has 0 unspecified atom stereocenters. The molecule has 86 valence electrons. The summed E-state index contributed by atoms with van der Waals surface area (Å²) in [4.78, 5) is 26.1. The molecule has 0 aromatic carbocycles. The molecule has 0 saturated carbocycles. The van der Waals surface area contributed by atoms with Gasteiger partial charge in [0, 0.05) is 13.2 Å². The maximum absolute atomic E-state index is 11.4. The molecule has 0 atom stereocenters. The molecule has 1 rings (SSSR count). The molecule has 2 amide bonds. The fourth-order valence-electron chi connectivity index (χ4n) is 1.000. The molecule has 0 spiro atoms. The van der Waals surface area contributed by atoms with E-state index in [-0.39, 0.29) is 18.0 Å². The summed E-state index contributed by atoms with van der Waals surface area (Å²) in [7, 11) is 1.53. The van der Waals surface area contributed by atoms with Crippen LogP contribution in [-0.4, -0.2) is 35.5 Å². The monoisotopic (exact) mass is 224 g/mol. The van der Waals surface area contributed by atoms with Gasteiger partial charge in [-0.05, 0) is 12.1 Å². The predicted molar refractivity (Wildman–Crippen MR) is 55.4 cm³/mol. The molecule has 16 heavy (non-hydrogen) atoms. The van der Waals surface area contributed by atoms with E-state index in [2.05, 4.69) is 21.2 Å². The zero-order chi connectivity index (χ0) is 12.0. The van der Waals surface area contributed by atoms with Crippen molar-refractivity contribution >= 4 is 11.8 Å². The van der Waals surface area contributed by atoms with Crippen LogP contribution in [0.3, 0.4) is 0 Å². The quantitative estimate of drug-likeness (QED) is 0.479. The standard InChI is InChI=1S/C9H12N4O3/c1-10-13-7(15)5-12-9(16)8-6(14)3-2-4-11-8/h2-4,10,14H,5H2,1H3,(H,12,16)(H,13,15). The van der Waals surface area contributed by atoms with Gasteiger partial charge in [-0.3, -0.25) is 15.0 Å². The van der Waals surface area contributed by atoms with Crippen LogP contribution in [0.25, 0.3) is 0 Å². The van der Waals surface area contributed by atoms with Crippen molar-refractivity contribution in [2.24, 2.45) is 0 Å². The molecule has 0 saturated heterocycles. The Labute approximate surface area is 91.8 Å². The highest BCUT2D eigenvalue weighted by atomic mass is 16.3. The summed E-state index contributed by atoms with van der Waals surface area (Å²) in [6, 6.07) is 2.84. The molecule has 0 aliphatic carbocycles. The summed E-state index contributed by atoms with van der Waals surface area (Å²) in [5.74, 6) is -1.23. The minimum atomic E-state index is -0.607. The molecular formula is C9H12N4O3. The highest BCUT2D eigenvalue weighted by molar-refractivity contribution is 5.96. The second-order valence-corrected chi connectivity index (χ2v) is 2.85. The summed E-state index contributed by atoms with van der Waals surface area (Å²) in [5.41, 5.74) is 4.60. The van der Waals surface area contributed by atoms with Crippen molar-refractivity contribution in [3.05, 3.63) is 24.0 Å². The number of aromatic hydroxyl groups is 1. The Bertz CT molecular complexity index is 394. The van der Waals surface area contributed by atoms with Crippen molar-refractivity contribution < 1.29 is 14.7 Å². The van der Waals surface area contributed by atoms with Gasteiger partial charge in [0.25, 0.3) is 11.8 Å². The first-order chi connectivity index (χ1) is 7.65. The molecule has 7 heteroatoms. The Kier molecular flexibility index (Phi) is 4.22. The van der Waals surface area contributed by atoms with Crippen LogP contribution >= 0.6 is 0 Å². The van der Waals surface area contributed by atoms with Crippen molar-refractivity contribution in [1.82, 2.24) is 21.2 Å². The molecule has 1 heterocycles. The average Bonchev–Trinajstić information content (AvgIpc) is 2.27. The maximum Gasteiger partial charge on any atom is 0.274 e. The molecule has 7 nitrogen and oxygen atoms in total. The lowest BCUT2D eigenvalue weighted by Crippen LogP contribution is -2.42. The van der Waals surface area contributed by atoms with Crippen LogP contribution in [0, 0.1) is 0 Å². The van der Waals surface area contributed by atoms with Crippen LogP contribution in [0.2, 0.25) is 0 Å². The van der Waals surface area contributed by atoms with E-state index in [0.717, 1.165) is 0 Å². The highest BCUT2D eigenvalue weighted by Gasteiger charge is 2.12. The Morgan fingerprint density at radius 3 is 2.88 bits per heavy atom. The largest absolute Gasteiger partial charge is 0.505 e. The number of hydrogen-bond acceptors (Lipinski definition) is 5. The van der Waals surface area contributed by atoms with Crippen molar-refractivity contribution in [1.29, 1.82) is 0 Å². The number of carbonyl (C=O) groups excluding carboxylic acids is 2. The summed E-state index contributed by atoms with van der Waals surface area (Å²) in [6.07, 6.45) is 1.38. The molecule has 1 aromatic heterocycles. The fourth-order valence-corrected chi connectivity index (χ4v) is 1.000. The first kappa shape index (κ1) is 11.9. The first-order valence-corrected chi connectivity index (χ1v) is 4.53. The van der Waals surface area contributed by atoms with Gasteiger partial charge < -0.3 is 10.4 Å². The van der Waals surface area contributed by atoms with Crippen molar-refractivity contribution in [3.8, 4) is 5.75 Å². The minimum Gasteiger partial charge on any atom is -0.505 e. The molecule has 1 aromatic rings. The van der Waals surface area contributed by atoms with Crippen LogP contribution in [0.5, 0.6) is 5.75 Å². The number of nitrogens with zero attached hydrogens (tertiary/aromatic N) is 1. The van der Waals surface area contributed by atoms with Crippen molar-refractivity contribution in [2.75, 3.05) is 13.6 Å². The second kappa shape index (κ2) is 5.66. The normalized spacial score (nSPS) is 9.56. The van der Waals surface area contributed by atoms with E-state index in [1.807, 2.05) is 0 Å². The lowest BCUT2D eigenvalue weighted by molar-refractivity contribution is -0.120. The first-order valence-electron chi connectivity index (χ1n) is 4.53. The molecule has 0 aliphatic heterocycles. The van der Waals surface area contributed by atoms with E-state index in [0.29, 0.717) is 0 Å². The molecular weight excluding hydrogens is 212 g/mol. The SMILES string of the molecule is CNNC(=O)CNC(=O)c1ncccc1O. The number of hydrogen-bond donors (Lipinski definition) is 4. The van der Waals surface area contributed by atoms with E-state index < -0.39 is 11.8 Å². The smallest absolute Gasteiger partial charge is 0.274 e. The van der Waals surface area contributed by atoms with Gasteiger partial charge >= 0.3 is 0 Å². The zero-order valence-electron chi connectivity index (χ0n) is 8.65. The van der Waals surface area contributed by atoms with Crippen LogP contribution in [0.1, 0.15) is 10.5 Å². The summed E-state index contributed by atoms with van der Waals surface area (Å²) >= 11 is 0. The van der Waals surface area contributed by atoms with Crippen molar-refractivity contribution in [2.45, 2.75) is 0 Å². The van der Waals surface area contributed by atoms with Crippen LogP contribution in [0.15, 0.2) is 18.3 Å². The van der Waals surface area contributed by atoms with Gasteiger partial charge in [-0.15, -0.1) is 0 Å². The average molecular weight is 224 g/mol. The van der Waals surface area contributed by atoms with Gasteiger partial charge in [-0.1, -0.05) is 0 Å². The third kappa shape index (κ3) is 3.21. The number of nitrogens with one attached hydrogen (secondary N) is 3. The summed E-state index contributed by atoms with van der Waals surface area (Å²) in [5, 5.41) is 11.6. The molecule has 0 fully saturated rings. The lowest BCUT2D eigenvalue weighted by atomic mass is 10.3. The minimum absolute atomic E-state index is 0.111. The lowest BCUT2D eigenvalue weighted by Gasteiger charge is -2.05. The number of hydrazine groups is 1. The van der Waals surface area contributed by atoms with Gasteiger partial charge in [0.15, 0.2) is 5.69 Å². The predicted octanol–water partition coefficient (Wildman–Crippen LogP) is -1.23. The van der Waals surface area contributed by atoms with E-state index in [9.17, 15) is 14.7 Å². The number of pyridine rings is 1. The maximum atomic E-state index is 11.4. The Hall–Kier alpha value is -2.15. The second-order valence-electron chi connectivity index (χ2n) is 2.85. The third-order valence-electron chi connectivity index (χ3n) is 1.68. The van der Waals surface area contributed by atoms with Gasteiger partial charge in [0.2, 0.25) is 0 Å². The number of amides is 2. The van der Waals surface area contributed by atoms with E-state index in [1.165, 1.54) is 25.4 Å². The topological polar surface area (TPSA) is 103 Å². The van der Waals surface area contributed by atoms with Gasteiger partial charge in [-0.2, -0.15) is 0 Å². The van der Waals surface area contributed by atoms with E-state index in [4.69, 9.17) is 0 Å². The van der Waals surface area contributed by atoms with Gasteiger partial charge in [0.1, 0.15) is 5.75 Å². The van der Waals surface area contributed by atoms with Crippen molar-refractivity contribution in [3.63, 3.8) is 0 Å². The Morgan fingerprint density at radius 1 is 1.50 bits per heavy atom. The van der Waals surface area contributed by atoms with Crippen LogP contribution in [0.4, 0.5) is 0 Å². The van der Waals surface area contributed by atoms with Gasteiger partial charge in [0.05, 0.1) is 6.54 Å². The van der Waals surface area contributed by atoms with E-state index in [1.54, 1.807) is 0 Å². The Morgan fingerprint density at radius 2 is 2.25 bits per heavy atom. The zero-order valence-corrected chi connectivity index (χ0v) is 8.65. The van der Waals surface area contributed by atoms with E-state index >= 15 is 0 Å². The number of rotatable bonds is 4. The number of carbonyl (C=O) groups is 2. The summed E-state index contributed by atoms with van der Waals surface area (Å²) < 4.78 is 0. The van der Waals surface area contributed by atoms with Gasteiger partial charge in [-0.25, -0.2) is 10.4 Å². The molecule has 4 N–H and O–H groups in total. The third-order valence-corrected chi connectivity index (χ3v) is 1.68. The summed E-state index contributed by atoms with van der Waals surface area (Å²) in [6.45, 7) is -0.199. The van der Waals surface area contributed by atoms with Crippen LogP contribution in [-0.2, 0) is 4.79 Å². The van der Waals surface area contributed by atoms with Crippen LogP contribution < -0.4 is 16.2 Å². The number of aromatic nitrogens is 1. The molecule has 0 bridgehead atoms. The highest BCUT2D eigenvalue weighted by Crippen LogP contribution is 2.11. The fraction of sp³-hybridized carbons (Fsp3) is 0.222. The molecule has 0 radical (unpaired) electrons.